The summed E-state index contributed by atoms with van der Waals surface area (Å²) in [6, 6.07) is 8.72. The molecule has 2 atom stereocenters. The van der Waals surface area contributed by atoms with E-state index in [-0.39, 0.29) is 0 Å². The summed E-state index contributed by atoms with van der Waals surface area (Å²) in [6.45, 7) is 5.59. The van der Waals surface area contributed by atoms with Crippen molar-refractivity contribution in [2.75, 3.05) is 13.7 Å². The van der Waals surface area contributed by atoms with Crippen LogP contribution >= 0.6 is 0 Å². The van der Waals surface area contributed by atoms with Crippen LogP contribution in [0.4, 0.5) is 0 Å². The number of guanidine groups is 1. The van der Waals surface area contributed by atoms with Crippen molar-refractivity contribution < 1.29 is 4.74 Å². The maximum absolute atomic E-state index is 5.24. The predicted molar refractivity (Wildman–Crippen MR) is 121 cm³/mol. The van der Waals surface area contributed by atoms with Crippen LogP contribution in [0.25, 0.3) is 0 Å². The predicted octanol–water partition coefficient (Wildman–Crippen LogP) is 3.38. The Morgan fingerprint density at radius 3 is 2.70 bits per heavy atom. The lowest BCUT2D eigenvalue weighted by Gasteiger charge is -2.30. The smallest absolute Gasteiger partial charge is 0.191 e. The Labute approximate surface area is 180 Å². The van der Waals surface area contributed by atoms with Gasteiger partial charge in [-0.25, -0.2) is 4.99 Å². The molecule has 1 aliphatic carbocycles. The summed E-state index contributed by atoms with van der Waals surface area (Å²) in [4.78, 5) is 4.82. The van der Waals surface area contributed by atoms with Crippen LogP contribution < -0.4 is 15.4 Å². The van der Waals surface area contributed by atoms with Crippen molar-refractivity contribution in [3.63, 3.8) is 0 Å². The van der Waals surface area contributed by atoms with Gasteiger partial charge in [-0.3, -0.25) is 0 Å². The molecule has 2 unspecified atom stereocenters. The number of benzene rings is 1. The Morgan fingerprint density at radius 1 is 1.23 bits per heavy atom. The summed E-state index contributed by atoms with van der Waals surface area (Å²) in [7, 11) is 3.68. The zero-order valence-corrected chi connectivity index (χ0v) is 18.8. The fourth-order valence-electron chi connectivity index (χ4n) is 3.99. The first-order chi connectivity index (χ1) is 14.6. The molecule has 1 fully saturated rings. The molecule has 0 radical (unpaired) electrons. The van der Waals surface area contributed by atoms with Crippen molar-refractivity contribution in [1.29, 1.82) is 0 Å². The third-order valence-electron chi connectivity index (χ3n) is 6.13. The number of aromatic nitrogens is 3. The summed E-state index contributed by atoms with van der Waals surface area (Å²) in [6.07, 6.45) is 7.25. The van der Waals surface area contributed by atoms with Crippen LogP contribution in [0.2, 0.25) is 0 Å². The molecule has 0 spiro atoms. The summed E-state index contributed by atoms with van der Waals surface area (Å²) in [5, 5.41) is 15.6. The van der Waals surface area contributed by atoms with Crippen LogP contribution in [0.15, 0.2) is 29.3 Å². The van der Waals surface area contributed by atoms with Crippen molar-refractivity contribution in [2.45, 2.75) is 65.0 Å². The Morgan fingerprint density at radius 2 is 2.03 bits per heavy atom. The van der Waals surface area contributed by atoms with Gasteiger partial charge in [0.2, 0.25) is 0 Å². The van der Waals surface area contributed by atoms with Crippen molar-refractivity contribution in [3.05, 3.63) is 41.5 Å². The van der Waals surface area contributed by atoms with Crippen molar-refractivity contribution in [2.24, 2.45) is 18.0 Å². The van der Waals surface area contributed by atoms with Crippen molar-refractivity contribution in [1.82, 2.24) is 25.4 Å². The van der Waals surface area contributed by atoms with Gasteiger partial charge < -0.3 is 19.9 Å². The van der Waals surface area contributed by atoms with Crippen LogP contribution in [-0.2, 0) is 20.0 Å². The Hall–Kier alpha value is -2.57. The van der Waals surface area contributed by atoms with Crippen LogP contribution in [0.3, 0.4) is 0 Å². The van der Waals surface area contributed by atoms with Crippen LogP contribution in [0.5, 0.6) is 5.75 Å². The fourth-order valence-corrected chi connectivity index (χ4v) is 3.99. The SMILES string of the molecule is CCC1CCCC(NC(=NCc2nnc(C)n2C)NCCc2ccc(OC)cc2)C1. The number of rotatable bonds is 8. The molecule has 0 amide bonds. The van der Waals surface area contributed by atoms with Crippen LogP contribution in [0, 0.1) is 12.8 Å². The van der Waals surface area contributed by atoms with Gasteiger partial charge in [-0.1, -0.05) is 38.3 Å². The van der Waals surface area contributed by atoms with Gasteiger partial charge in [0.25, 0.3) is 0 Å². The molecule has 7 nitrogen and oxygen atoms in total. The number of hydrogen-bond acceptors (Lipinski definition) is 4. The summed E-state index contributed by atoms with van der Waals surface area (Å²) >= 11 is 0. The number of nitrogens with one attached hydrogen (secondary N) is 2. The normalized spacial score (nSPS) is 19.5. The first-order valence-corrected chi connectivity index (χ1v) is 11.1. The Balaban J connectivity index is 1.61. The molecule has 0 saturated heterocycles. The number of methoxy groups -OCH3 is 1. The van der Waals surface area contributed by atoms with Gasteiger partial charge in [0.15, 0.2) is 11.8 Å². The van der Waals surface area contributed by atoms with Gasteiger partial charge in [0, 0.05) is 19.6 Å². The molecule has 7 heteroatoms. The molecule has 1 aromatic carbocycles. The molecule has 0 bridgehead atoms. The minimum absolute atomic E-state index is 0.483. The fraction of sp³-hybridized carbons (Fsp3) is 0.609. The van der Waals surface area contributed by atoms with Crippen LogP contribution in [-0.4, -0.2) is 40.4 Å². The summed E-state index contributed by atoms with van der Waals surface area (Å²) < 4.78 is 7.23. The van der Waals surface area contributed by atoms with Crippen molar-refractivity contribution in [3.8, 4) is 5.75 Å². The first kappa shape index (κ1) is 22.1. The molecule has 2 N–H and O–H groups in total. The molecule has 164 valence electrons. The quantitative estimate of drug-likeness (QED) is 0.513. The van der Waals surface area contributed by atoms with E-state index in [1.54, 1.807) is 7.11 Å². The molecule has 1 aliphatic rings. The van der Waals surface area contributed by atoms with E-state index >= 15 is 0 Å². The standard InChI is InChI=1S/C23H36N6O/c1-5-18-7-6-8-20(15-18)26-23(25-16-22-28-27-17(2)29(22)3)24-14-13-19-9-11-21(30-4)12-10-19/h9-12,18,20H,5-8,13-16H2,1-4H3,(H2,24,25,26). The third-order valence-corrected chi connectivity index (χ3v) is 6.13. The van der Waals surface area contributed by atoms with E-state index in [4.69, 9.17) is 9.73 Å². The van der Waals surface area contributed by atoms with E-state index in [0.29, 0.717) is 12.6 Å². The van der Waals surface area contributed by atoms with Crippen LogP contribution in [0.1, 0.15) is 56.2 Å². The molecule has 1 aromatic heterocycles. The van der Waals surface area contributed by atoms with E-state index in [9.17, 15) is 0 Å². The first-order valence-electron chi connectivity index (χ1n) is 11.1. The lowest BCUT2D eigenvalue weighted by Crippen LogP contribution is -2.46. The van der Waals surface area contributed by atoms with E-state index in [2.05, 4.69) is 39.9 Å². The molecular formula is C23H36N6O. The molecular weight excluding hydrogens is 376 g/mol. The molecule has 0 aliphatic heterocycles. The zero-order chi connectivity index (χ0) is 21.3. The lowest BCUT2D eigenvalue weighted by molar-refractivity contribution is 0.298. The maximum atomic E-state index is 5.24. The molecule has 1 heterocycles. The molecule has 30 heavy (non-hydrogen) atoms. The summed E-state index contributed by atoms with van der Waals surface area (Å²) in [5.74, 6) is 4.35. The topological polar surface area (TPSA) is 76.4 Å². The third kappa shape index (κ3) is 6.21. The molecule has 1 saturated carbocycles. The van der Waals surface area contributed by atoms with Gasteiger partial charge in [-0.05, 0) is 49.8 Å². The number of aliphatic imine (C=N–C) groups is 1. The highest BCUT2D eigenvalue weighted by molar-refractivity contribution is 5.80. The minimum Gasteiger partial charge on any atom is -0.497 e. The number of nitrogens with zero attached hydrogens (tertiary/aromatic N) is 4. The second-order valence-corrected chi connectivity index (χ2v) is 8.19. The largest absolute Gasteiger partial charge is 0.497 e. The van der Waals surface area contributed by atoms with E-state index in [1.807, 2.05) is 30.7 Å². The highest BCUT2D eigenvalue weighted by Gasteiger charge is 2.21. The second kappa shape index (κ2) is 11.0. The average molecular weight is 413 g/mol. The number of hydrogen-bond donors (Lipinski definition) is 2. The zero-order valence-electron chi connectivity index (χ0n) is 18.8. The number of aryl methyl sites for hydroxylation is 1. The Bertz CT molecular complexity index is 814. The van der Waals surface area contributed by atoms with E-state index in [1.165, 1.54) is 37.7 Å². The van der Waals surface area contributed by atoms with Gasteiger partial charge in [-0.2, -0.15) is 0 Å². The highest BCUT2D eigenvalue weighted by atomic mass is 16.5. The van der Waals surface area contributed by atoms with Crippen molar-refractivity contribution >= 4 is 5.96 Å². The van der Waals surface area contributed by atoms with E-state index < -0.39 is 0 Å². The number of ether oxygens (including phenoxy) is 1. The lowest BCUT2D eigenvalue weighted by atomic mass is 9.84. The van der Waals surface area contributed by atoms with Gasteiger partial charge in [-0.15, -0.1) is 10.2 Å². The maximum Gasteiger partial charge on any atom is 0.191 e. The van der Waals surface area contributed by atoms with Gasteiger partial charge in [0.05, 0.1) is 7.11 Å². The van der Waals surface area contributed by atoms with E-state index in [0.717, 1.165) is 42.2 Å². The average Bonchev–Trinajstić information content (AvgIpc) is 3.10. The monoisotopic (exact) mass is 412 g/mol. The minimum atomic E-state index is 0.483. The summed E-state index contributed by atoms with van der Waals surface area (Å²) in [5.41, 5.74) is 1.27. The molecule has 2 aromatic rings. The second-order valence-electron chi connectivity index (χ2n) is 8.19. The van der Waals surface area contributed by atoms with Gasteiger partial charge in [0.1, 0.15) is 18.1 Å². The Kier molecular flexibility index (Phi) is 8.11. The highest BCUT2D eigenvalue weighted by Crippen LogP contribution is 2.26. The molecule has 3 rings (SSSR count). The van der Waals surface area contributed by atoms with Gasteiger partial charge >= 0.3 is 0 Å².